The van der Waals surface area contributed by atoms with Crippen molar-refractivity contribution in [1.82, 2.24) is 0 Å². The SMILES string of the molecule is CSCCc1ccc(NC(=O)C2(N)CCCC2)cc1.Cl. The summed E-state index contributed by atoms with van der Waals surface area (Å²) in [5, 5.41) is 2.94. The van der Waals surface area contributed by atoms with Crippen LogP contribution in [0.4, 0.5) is 5.69 Å². The van der Waals surface area contributed by atoms with Gasteiger partial charge in [-0.15, -0.1) is 12.4 Å². The maximum atomic E-state index is 12.2. The Morgan fingerprint density at radius 2 is 1.90 bits per heavy atom. The topological polar surface area (TPSA) is 55.1 Å². The van der Waals surface area contributed by atoms with E-state index in [1.807, 2.05) is 23.9 Å². The normalized spacial score (nSPS) is 16.5. The van der Waals surface area contributed by atoms with Gasteiger partial charge in [0.2, 0.25) is 5.91 Å². The molecule has 0 unspecified atom stereocenters. The summed E-state index contributed by atoms with van der Waals surface area (Å²) in [6, 6.07) is 8.07. The summed E-state index contributed by atoms with van der Waals surface area (Å²) in [5.41, 5.74) is 7.62. The Balaban J connectivity index is 0.00000200. The Labute approximate surface area is 131 Å². The molecule has 1 aromatic carbocycles. The molecule has 0 heterocycles. The lowest BCUT2D eigenvalue weighted by Crippen LogP contribution is -2.48. The van der Waals surface area contributed by atoms with Crippen LogP contribution >= 0.6 is 24.2 Å². The van der Waals surface area contributed by atoms with Gasteiger partial charge in [-0.25, -0.2) is 0 Å². The average Bonchev–Trinajstić information content (AvgIpc) is 2.86. The molecule has 112 valence electrons. The standard InChI is InChI=1S/C15H22N2OS.ClH/c1-19-11-8-12-4-6-13(7-5-12)17-14(18)15(16)9-2-3-10-15;/h4-7H,2-3,8-11,16H2,1H3,(H,17,18);1H. The van der Waals surface area contributed by atoms with Gasteiger partial charge in [0.1, 0.15) is 0 Å². The summed E-state index contributed by atoms with van der Waals surface area (Å²) in [4.78, 5) is 12.2. The minimum Gasteiger partial charge on any atom is -0.324 e. The average molecular weight is 315 g/mol. The molecular weight excluding hydrogens is 292 g/mol. The van der Waals surface area contributed by atoms with Gasteiger partial charge in [-0.3, -0.25) is 4.79 Å². The summed E-state index contributed by atoms with van der Waals surface area (Å²) in [6.45, 7) is 0. The van der Waals surface area contributed by atoms with Gasteiger partial charge < -0.3 is 11.1 Å². The highest BCUT2D eigenvalue weighted by Gasteiger charge is 2.36. The zero-order valence-corrected chi connectivity index (χ0v) is 13.5. The molecule has 0 saturated heterocycles. The molecule has 1 aliphatic rings. The summed E-state index contributed by atoms with van der Waals surface area (Å²) < 4.78 is 0. The lowest BCUT2D eigenvalue weighted by atomic mass is 9.98. The second-order valence-electron chi connectivity index (χ2n) is 5.26. The molecule has 5 heteroatoms. The van der Waals surface area contributed by atoms with E-state index < -0.39 is 5.54 Å². The Hall–Kier alpha value is -0.710. The molecule has 0 spiro atoms. The van der Waals surface area contributed by atoms with Crippen LogP contribution in [0.1, 0.15) is 31.2 Å². The van der Waals surface area contributed by atoms with Gasteiger partial charge in [-0.05, 0) is 49.0 Å². The van der Waals surface area contributed by atoms with Crippen molar-refractivity contribution >= 4 is 35.8 Å². The molecule has 20 heavy (non-hydrogen) atoms. The number of nitrogens with two attached hydrogens (primary N) is 1. The Bertz CT molecular complexity index is 430. The first-order valence-corrected chi connectivity index (χ1v) is 8.22. The van der Waals surface area contributed by atoms with Gasteiger partial charge in [0.15, 0.2) is 0 Å². The Morgan fingerprint density at radius 1 is 1.30 bits per heavy atom. The molecule has 1 aliphatic carbocycles. The van der Waals surface area contributed by atoms with E-state index in [-0.39, 0.29) is 18.3 Å². The van der Waals surface area contributed by atoms with Crippen LogP contribution in [0.15, 0.2) is 24.3 Å². The van der Waals surface area contributed by atoms with Crippen LogP contribution in [0.5, 0.6) is 0 Å². The van der Waals surface area contributed by atoms with Crippen molar-refractivity contribution in [1.29, 1.82) is 0 Å². The van der Waals surface area contributed by atoms with Gasteiger partial charge >= 0.3 is 0 Å². The van der Waals surface area contributed by atoms with Crippen LogP contribution in [0.3, 0.4) is 0 Å². The summed E-state index contributed by atoms with van der Waals surface area (Å²) in [6.07, 6.45) is 6.87. The lowest BCUT2D eigenvalue weighted by molar-refractivity contribution is -0.121. The smallest absolute Gasteiger partial charge is 0.244 e. The van der Waals surface area contributed by atoms with Crippen molar-refractivity contribution in [2.75, 3.05) is 17.3 Å². The lowest BCUT2D eigenvalue weighted by Gasteiger charge is -2.22. The zero-order valence-electron chi connectivity index (χ0n) is 11.9. The monoisotopic (exact) mass is 314 g/mol. The number of halogens is 1. The highest BCUT2D eigenvalue weighted by molar-refractivity contribution is 7.98. The summed E-state index contributed by atoms with van der Waals surface area (Å²) in [5.74, 6) is 1.08. The molecule has 0 aliphatic heterocycles. The first kappa shape index (κ1) is 17.3. The van der Waals surface area contributed by atoms with E-state index in [1.165, 1.54) is 5.56 Å². The number of nitrogens with one attached hydrogen (secondary N) is 1. The van der Waals surface area contributed by atoms with E-state index in [2.05, 4.69) is 23.7 Å². The zero-order chi connectivity index (χ0) is 13.7. The minimum atomic E-state index is -0.655. The van der Waals surface area contributed by atoms with Crippen molar-refractivity contribution in [2.24, 2.45) is 5.73 Å². The number of rotatable bonds is 5. The number of thioether (sulfide) groups is 1. The van der Waals surface area contributed by atoms with Crippen LogP contribution in [-0.4, -0.2) is 23.5 Å². The number of hydrogen-bond acceptors (Lipinski definition) is 3. The Kier molecular flexibility index (Phi) is 6.86. The number of benzene rings is 1. The number of carbonyl (C=O) groups excluding carboxylic acids is 1. The van der Waals surface area contributed by atoms with Crippen molar-refractivity contribution in [3.8, 4) is 0 Å². The fourth-order valence-corrected chi connectivity index (χ4v) is 2.90. The molecule has 2 rings (SSSR count). The maximum absolute atomic E-state index is 12.2. The fourth-order valence-electron chi connectivity index (χ4n) is 2.46. The summed E-state index contributed by atoms with van der Waals surface area (Å²) in [7, 11) is 0. The van der Waals surface area contributed by atoms with Crippen molar-refractivity contribution in [3.05, 3.63) is 29.8 Å². The first-order chi connectivity index (χ1) is 9.14. The highest BCUT2D eigenvalue weighted by atomic mass is 35.5. The second kappa shape index (κ2) is 7.91. The Morgan fingerprint density at radius 3 is 2.45 bits per heavy atom. The predicted molar refractivity (Wildman–Crippen MR) is 89.8 cm³/mol. The van der Waals surface area contributed by atoms with Gasteiger partial charge in [-0.1, -0.05) is 25.0 Å². The van der Waals surface area contributed by atoms with E-state index in [1.54, 1.807) is 0 Å². The van der Waals surface area contributed by atoms with Crippen LogP contribution in [0, 0.1) is 0 Å². The maximum Gasteiger partial charge on any atom is 0.244 e. The number of hydrogen-bond donors (Lipinski definition) is 2. The van der Waals surface area contributed by atoms with Crippen molar-refractivity contribution < 1.29 is 4.79 Å². The van der Waals surface area contributed by atoms with E-state index in [4.69, 9.17) is 5.73 Å². The molecule has 1 saturated carbocycles. The van der Waals surface area contributed by atoms with E-state index in [9.17, 15) is 4.79 Å². The van der Waals surface area contributed by atoms with E-state index in [0.717, 1.165) is 43.5 Å². The largest absolute Gasteiger partial charge is 0.324 e. The highest BCUT2D eigenvalue weighted by Crippen LogP contribution is 2.28. The molecule has 0 atom stereocenters. The second-order valence-corrected chi connectivity index (χ2v) is 6.24. The third kappa shape index (κ3) is 4.40. The molecule has 1 amide bonds. The quantitative estimate of drug-likeness (QED) is 0.877. The van der Waals surface area contributed by atoms with Gasteiger partial charge in [0.25, 0.3) is 0 Å². The van der Waals surface area contributed by atoms with Gasteiger partial charge in [0, 0.05) is 5.69 Å². The molecule has 0 aromatic heterocycles. The third-order valence-electron chi connectivity index (χ3n) is 3.75. The number of anilines is 1. The van der Waals surface area contributed by atoms with Crippen molar-refractivity contribution in [2.45, 2.75) is 37.6 Å². The van der Waals surface area contributed by atoms with E-state index >= 15 is 0 Å². The fraction of sp³-hybridized carbons (Fsp3) is 0.533. The molecule has 0 radical (unpaired) electrons. The van der Waals surface area contributed by atoms with Crippen LogP contribution in [-0.2, 0) is 11.2 Å². The molecule has 1 aromatic rings. The minimum absolute atomic E-state index is 0. The van der Waals surface area contributed by atoms with E-state index in [0.29, 0.717) is 0 Å². The van der Waals surface area contributed by atoms with Crippen LogP contribution < -0.4 is 11.1 Å². The summed E-state index contributed by atoms with van der Waals surface area (Å²) >= 11 is 1.84. The molecular formula is C15H23ClN2OS. The van der Waals surface area contributed by atoms with Crippen LogP contribution in [0.2, 0.25) is 0 Å². The first-order valence-electron chi connectivity index (χ1n) is 6.82. The van der Waals surface area contributed by atoms with Crippen LogP contribution in [0.25, 0.3) is 0 Å². The number of aryl methyl sites for hydroxylation is 1. The predicted octanol–water partition coefficient (Wildman–Crippen LogP) is 3.22. The van der Waals surface area contributed by atoms with Gasteiger partial charge in [0.05, 0.1) is 5.54 Å². The number of amides is 1. The molecule has 3 nitrogen and oxygen atoms in total. The molecule has 3 N–H and O–H groups in total. The van der Waals surface area contributed by atoms with Crippen molar-refractivity contribution in [3.63, 3.8) is 0 Å². The third-order valence-corrected chi connectivity index (χ3v) is 4.37. The van der Waals surface area contributed by atoms with Gasteiger partial charge in [-0.2, -0.15) is 11.8 Å². The molecule has 1 fully saturated rings. The molecule has 0 bridgehead atoms. The number of carbonyl (C=O) groups is 1.